The standard InChI is InChI=1S/C12H13BrFNO4/c13-7-1-2-11(8(14)3-7)19-6-12(18)15-4-9(16)10(17)5-15/h1-3,9-10,16-17H,4-6H2/t9-,10+. The van der Waals surface area contributed by atoms with Crippen LogP contribution in [0.5, 0.6) is 5.75 Å². The molecule has 104 valence electrons. The van der Waals surface area contributed by atoms with E-state index in [4.69, 9.17) is 4.74 Å². The van der Waals surface area contributed by atoms with Gasteiger partial charge in [0.15, 0.2) is 18.2 Å². The Morgan fingerprint density at radius 2 is 2.05 bits per heavy atom. The lowest BCUT2D eigenvalue weighted by Gasteiger charge is -2.15. The summed E-state index contributed by atoms with van der Waals surface area (Å²) in [5.41, 5.74) is 0. The van der Waals surface area contributed by atoms with Crippen LogP contribution in [0.15, 0.2) is 22.7 Å². The van der Waals surface area contributed by atoms with Crippen molar-refractivity contribution in [2.75, 3.05) is 19.7 Å². The first-order valence-corrected chi connectivity index (χ1v) is 6.48. The monoisotopic (exact) mass is 333 g/mol. The lowest BCUT2D eigenvalue weighted by atomic mass is 10.3. The number of ether oxygens (including phenoxy) is 1. The van der Waals surface area contributed by atoms with Crippen molar-refractivity contribution in [1.82, 2.24) is 4.90 Å². The third-order valence-electron chi connectivity index (χ3n) is 2.86. The molecule has 2 N–H and O–H groups in total. The summed E-state index contributed by atoms with van der Waals surface area (Å²) < 4.78 is 19.1. The molecule has 1 fully saturated rings. The van der Waals surface area contributed by atoms with E-state index in [-0.39, 0.29) is 25.4 Å². The first-order valence-electron chi connectivity index (χ1n) is 5.69. The Morgan fingerprint density at radius 3 is 2.63 bits per heavy atom. The number of rotatable bonds is 3. The molecule has 1 aliphatic heterocycles. The van der Waals surface area contributed by atoms with E-state index in [9.17, 15) is 19.4 Å². The molecule has 0 unspecified atom stereocenters. The number of carbonyl (C=O) groups excluding carboxylic acids is 1. The third-order valence-corrected chi connectivity index (χ3v) is 3.35. The fraction of sp³-hybridized carbons (Fsp3) is 0.417. The smallest absolute Gasteiger partial charge is 0.260 e. The van der Waals surface area contributed by atoms with E-state index < -0.39 is 23.9 Å². The highest BCUT2D eigenvalue weighted by Gasteiger charge is 2.32. The van der Waals surface area contributed by atoms with Gasteiger partial charge in [-0.3, -0.25) is 4.79 Å². The molecule has 0 radical (unpaired) electrons. The highest BCUT2D eigenvalue weighted by molar-refractivity contribution is 9.10. The first-order chi connectivity index (χ1) is 8.97. The maximum absolute atomic E-state index is 13.4. The predicted octanol–water partition coefficient (Wildman–Crippen LogP) is 0.531. The van der Waals surface area contributed by atoms with Crippen molar-refractivity contribution in [3.8, 4) is 5.75 Å². The molecule has 7 heteroatoms. The average Bonchev–Trinajstić information content (AvgIpc) is 2.68. The van der Waals surface area contributed by atoms with Gasteiger partial charge < -0.3 is 19.8 Å². The van der Waals surface area contributed by atoms with Crippen molar-refractivity contribution < 1.29 is 24.1 Å². The molecule has 0 bridgehead atoms. The molecule has 1 aromatic carbocycles. The van der Waals surface area contributed by atoms with Gasteiger partial charge in [-0.1, -0.05) is 15.9 Å². The highest BCUT2D eigenvalue weighted by Crippen LogP contribution is 2.21. The van der Waals surface area contributed by atoms with Gasteiger partial charge in [-0.2, -0.15) is 0 Å². The minimum atomic E-state index is -0.937. The van der Waals surface area contributed by atoms with Gasteiger partial charge in [-0.05, 0) is 18.2 Å². The number of amides is 1. The van der Waals surface area contributed by atoms with E-state index in [1.807, 2.05) is 0 Å². The second kappa shape index (κ2) is 5.85. The number of hydrogen-bond donors (Lipinski definition) is 2. The summed E-state index contributed by atoms with van der Waals surface area (Å²) >= 11 is 3.12. The maximum Gasteiger partial charge on any atom is 0.260 e. The summed E-state index contributed by atoms with van der Waals surface area (Å²) in [6, 6.07) is 4.26. The zero-order valence-corrected chi connectivity index (χ0v) is 11.5. The third kappa shape index (κ3) is 3.43. The zero-order chi connectivity index (χ0) is 14.0. The predicted molar refractivity (Wildman–Crippen MR) is 68.2 cm³/mol. The number of benzene rings is 1. The van der Waals surface area contributed by atoms with Crippen LogP contribution in [0.25, 0.3) is 0 Å². The van der Waals surface area contributed by atoms with Gasteiger partial charge in [0.25, 0.3) is 5.91 Å². The van der Waals surface area contributed by atoms with E-state index in [0.29, 0.717) is 4.47 Å². The minimum absolute atomic E-state index is 0.0168. The molecule has 0 spiro atoms. The van der Waals surface area contributed by atoms with Crippen molar-refractivity contribution in [1.29, 1.82) is 0 Å². The zero-order valence-electron chi connectivity index (χ0n) is 9.92. The van der Waals surface area contributed by atoms with Gasteiger partial charge in [0.2, 0.25) is 0 Å². The summed E-state index contributed by atoms with van der Waals surface area (Å²) in [4.78, 5) is 13.0. The van der Waals surface area contributed by atoms with Crippen LogP contribution in [-0.4, -0.2) is 52.9 Å². The fourth-order valence-electron chi connectivity index (χ4n) is 1.80. The summed E-state index contributed by atoms with van der Waals surface area (Å²) in [7, 11) is 0. The van der Waals surface area contributed by atoms with E-state index in [0.717, 1.165) is 0 Å². The van der Waals surface area contributed by atoms with Crippen molar-refractivity contribution in [3.05, 3.63) is 28.5 Å². The molecule has 0 aliphatic carbocycles. The second-order valence-electron chi connectivity index (χ2n) is 4.30. The van der Waals surface area contributed by atoms with Gasteiger partial charge in [0.05, 0.1) is 12.2 Å². The van der Waals surface area contributed by atoms with Gasteiger partial charge in [0.1, 0.15) is 0 Å². The molecule has 1 aromatic rings. The Bertz CT molecular complexity index is 475. The van der Waals surface area contributed by atoms with Crippen LogP contribution in [0.4, 0.5) is 4.39 Å². The number of halogens is 2. The maximum atomic E-state index is 13.4. The molecule has 1 aliphatic rings. The molecule has 2 rings (SSSR count). The first kappa shape index (κ1) is 14.2. The average molecular weight is 334 g/mol. The van der Waals surface area contributed by atoms with Crippen LogP contribution in [0.2, 0.25) is 0 Å². The van der Waals surface area contributed by atoms with Crippen molar-refractivity contribution >= 4 is 21.8 Å². The van der Waals surface area contributed by atoms with Crippen molar-refractivity contribution in [2.24, 2.45) is 0 Å². The number of aliphatic hydroxyl groups is 2. The van der Waals surface area contributed by atoms with Crippen LogP contribution in [0, 0.1) is 5.82 Å². The summed E-state index contributed by atoms with van der Waals surface area (Å²) in [6.45, 7) is -0.212. The molecule has 2 atom stereocenters. The summed E-state index contributed by atoms with van der Waals surface area (Å²) in [5, 5.41) is 18.7. The Hall–Kier alpha value is -1.18. The molecule has 0 saturated carbocycles. The minimum Gasteiger partial charge on any atom is -0.481 e. The molecule has 19 heavy (non-hydrogen) atoms. The molecular formula is C12H13BrFNO4. The highest BCUT2D eigenvalue weighted by atomic mass is 79.9. The number of β-amino-alcohol motifs (C(OH)–C–C–N with tert-alkyl or cyclic N) is 2. The number of nitrogens with zero attached hydrogens (tertiary/aromatic N) is 1. The van der Waals surface area contributed by atoms with Crippen LogP contribution < -0.4 is 4.74 Å². The van der Waals surface area contributed by atoms with Crippen molar-refractivity contribution in [2.45, 2.75) is 12.2 Å². The molecule has 1 saturated heterocycles. The Morgan fingerprint density at radius 1 is 1.42 bits per heavy atom. The Balaban J connectivity index is 1.90. The fourth-order valence-corrected chi connectivity index (χ4v) is 2.13. The van der Waals surface area contributed by atoms with E-state index in [1.54, 1.807) is 6.07 Å². The van der Waals surface area contributed by atoms with Crippen LogP contribution >= 0.6 is 15.9 Å². The normalized spacial score (nSPS) is 22.6. The second-order valence-corrected chi connectivity index (χ2v) is 5.21. The molecule has 0 aromatic heterocycles. The molecule has 1 heterocycles. The largest absolute Gasteiger partial charge is 0.481 e. The van der Waals surface area contributed by atoms with Gasteiger partial charge in [0, 0.05) is 17.6 Å². The quantitative estimate of drug-likeness (QED) is 0.846. The summed E-state index contributed by atoms with van der Waals surface area (Å²) in [6.07, 6.45) is -1.87. The number of hydrogen-bond acceptors (Lipinski definition) is 4. The van der Waals surface area contributed by atoms with E-state index in [2.05, 4.69) is 15.9 Å². The van der Waals surface area contributed by atoms with E-state index >= 15 is 0 Å². The van der Waals surface area contributed by atoms with Gasteiger partial charge in [-0.15, -0.1) is 0 Å². The topological polar surface area (TPSA) is 70.0 Å². The summed E-state index contributed by atoms with van der Waals surface area (Å²) in [5.74, 6) is -0.988. The lowest BCUT2D eigenvalue weighted by Crippen LogP contribution is -2.34. The Labute approximate surface area is 117 Å². The molecular weight excluding hydrogens is 321 g/mol. The number of aliphatic hydroxyl groups excluding tert-OH is 2. The van der Waals surface area contributed by atoms with Crippen molar-refractivity contribution in [3.63, 3.8) is 0 Å². The Kier molecular flexibility index (Phi) is 4.38. The molecule has 1 amide bonds. The van der Waals surface area contributed by atoms with Crippen LogP contribution in [0.3, 0.4) is 0 Å². The molecule has 5 nitrogen and oxygen atoms in total. The number of carbonyl (C=O) groups is 1. The van der Waals surface area contributed by atoms with Gasteiger partial charge in [-0.25, -0.2) is 4.39 Å². The number of likely N-dealkylation sites (tertiary alicyclic amines) is 1. The van der Waals surface area contributed by atoms with E-state index in [1.165, 1.54) is 17.0 Å². The SMILES string of the molecule is O=C(COc1ccc(Br)cc1F)N1C[C@@H](O)[C@@H](O)C1. The van der Waals surface area contributed by atoms with Crippen LogP contribution in [-0.2, 0) is 4.79 Å². The van der Waals surface area contributed by atoms with Crippen LogP contribution in [0.1, 0.15) is 0 Å². The lowest BCUT2D eigenvalue weighted by molar-refractivity contribution is -0.132. The van der Waals surface area contributed by atoms with Gasteiger partial charge >= 0.3 is 0 Å².